The molecule has 0 radical (unpaired) electrons. The van der Waals surface area contributed by atoms with Gasteiger partial charge in [0.25, 0.3) is 0 Å². The van der Waals surface area contributed by atoms with E-state index in [1.54, 1.807) is 12.4 Å². The number of nitrogens with two attached hydrogens (primary N) is 1. The van der Waals surface area contributed by atoms with E-state index >= 15 is 0 Å². The zero-order chi connectivity index (χ0) is 14.8. The van der Waals surface area contributed by atoms with Gasteiger partial charge in [0.2, 0.25) is 10.0 Å². The van der Waals surface area contributed by atoms with Gasteiger partial charge in [0.1, 0.15) is 10.7 Å². The van der Waals surface area contributed by atoms with E-state index in [2.05, 4.69) is 9.71 Å². The van der Waals surface area contributed by atoms with Crippen LogP contribution in [0.3, 0.4) is 0 Å². The average Bonchev–Trinajstić information content (AvgIpc) is 2.86. The second-order valence-electron chi connectivity index (χ2n) is 4.27. The van der Waals surface area contributed by atoms with E-state index in [1.165, 1.54) is 11.3 Å². The van der Waals surface area contributed by atoms with E-state index in [4.69, 9.17) is 5.73 Å². The van der Waals surface area contributed by atoms with E-state index in [9.17, 15) is 12.8 Å². The Balaban J connectivity index is 2.12. The largest absolute Gasteiger partial charge is 0.398 e. The molecule has 0 saturated heterocycles. The highest BCUT2D eigenvalue weighted by Gasteiger charge is 2.20. The Hall–Kier alpha value is -1.51. The number of rotatable bonds is 5. The summed E-state index contributed by atoms with van der Waals surface area (Å²) in [5.74, 6) is -0.808. The molecule has 20 heavy (non-hydrogen) atoms. The van der Waals surface area contributed by atoms with Gasteiger partial charge < -0.3 is 5.73 Å². The highest BCUT2D eigenvalue weighted by Crippen LogP contribution is 2.21. The van der Waals surface area contributed by atoms with Crippen LogP contribution in [-0.4, -0.2) is 19.9 Å². The van der Waals surface area contributed by atoms with Crippen molar-refractivity contribution < 1.29 is 12.8 Å². The van der Waals surface area contributed by atoms with Crippen molar-refractivity contribution in [3.63, 3.8) is 0 Å². The Morgan fingerprint density at radius 1 is 1.45 bits per heavy atom. The van der Waals surface area contributed by atoms with Crippen LogP contribution in [0.4, 0.5) is 10.1 Å². The molecule has 0 saturated carbocycles. The van der Waals surface area contributed by atoms with Crippen LogP contribution in [0.5, 0.6) is 0 Å². The fourth-order valence-electron chi connectivity index (χ4n) is 1.63. The number of halogens is 1. The lowest BCUT2D eigenvalue weighted by Crippen LogP contribution is -2.27. The summed E-state index contributed by atoms with van der Waals surface area (Å²) in [6, 6.07) is 2.25. The number of sulfonamides is 1. The molecule has 108 valence electrons. The maximum absolute atomic E-state index is 13.7. The van der Waals surface area contributed by atoms with E-state index in [-0.39, 0.29) is 12.2 Å². The Morgan fingerprint density at radius 3 is 2.85 bits per heavy atom. The number of hydrogen-bond donors (Lipinski definition) is 2. The molecule has 0 spiro atoms. The van der Waals surface area contributed by atoms with Gasteiger partial charge in [0.15, 0.2) is 0 Å². The molecule has 1 aromatic carbocycles. The Bertz CT molecular complexity index is 700. The van der Waals surface area contributed by atoms with Crippen LogP contribution in [-0.2, 0) is 16.4 Å². The van der Waals surface area contributed by atoms with Gasteiger partial charge >= 0.3 is 0 Å². The quantitative estimate of drug-likeness (QED) is 0.822. The first-order valence-electron chi connectivity index (χ1n) is 5.82. The molecular weight excluding hydrogens is 301 g/mol. The summed E-state index contributed by atoms with van der Waals surface area (Å²) in [6.07, 6.45) is 0.450. The van der Waals surface area contributed by atoms with Gasteiger partial charge in [0.05, 0.1) is 11.2 Å². The zero-order valence-corrected chi connectivity index (χ0v) is 12.4. The zero-order valence-electron chi connectivity index (χ0n) is 10.8. The minimum Gasteiger partial charge on any atom is -0.398 e. The number of anilines is 1. The normalized spacial score (nSPS) is 11.7. The first-order chi connectivity index (χ1) is 9.40. The van der Waals surface area contributed by atoms with Crippen LogP contribution in [0.25, 0.3) is 0 Å². The number of benzene rings is 1. The highest BCUT2D eigenvalue weighted by molar-refractivity contribution is 7.89. The van der Waals surface area contributed by atoms with Crippen molar-refractivity contribution in [2.75, 3.05) is 12.3 Å². The number of nitrogens with zero attached hydrogens (tertiary/aromatic N) is 1. The number of thiazole rings is 1. The van der Waals surface area contributed by atoms with Gasteiger partial charge in [-0.1, -0.05) is 0 Å². The van der Waals surface area contributed by atoms with Crippen molar-refractivity contribution in [1.29, 1.82) is 0 Å². The predicted molar refractivity (Wildman–Crippen MR) is 76.6 cm³/mol. The molecule has 0 atom stereocenters. The van der Waals surface area contributed by atoms with Crippen LogP contribution in [0.2, 0.25) is 0 Å². The Morgan fingerprint density at radius 2 is 2.20 bits per heavy atom. The third-order valence-electron chi connectivity index (χ3n) is 2.77. The smallest absolute Gasteiger partial charge is 0.243 e. The SMILES string of the molecule is Cc1cc(F)c(S(=O)(=O)NCCc2cscn2)cc1N. The van der Waals surface area contributed by atoms with Crippen molar-refractivity contribution >= 4 is 27.0 Å². The minimum absolute atomic E-state index is 0.152. The molecular formula is C12H14FN3O2S2. The summed E-state index contributed by atoms with van der Waals surface area (Å²) in [5.41, 5.74) is 8.83. The van der Waals surface area contributed by atoms with Gasteiger partial charge in [-0.15, -0.1) is 11.3 Å². The van der Waals surface area contributed by atoms with Crippen LogP contribution in [0, 0.1) is 12.7 Å². The predicted octanol–water partition coefficient (Wildman–Crippen LogP) is 1.69. The van der Waals surface area contributed by atoms with E-state index < -0.39 is 20.7 Å². The Kier molecular flexibility index (Phi) is 4.36. The molecule has 1 heterocycles. The second kappa shape index (κ2) is 5.86. The Labute approximate surface area is 120 Å². The second-order valence-corrected chi connectivity index (χ2v) is 6.72. The summed E-state index contributed by atoms with van der Waals surface area (Å²) >= 11 is 1.44. The molecule has 2 aromatic rings. The first kappa shape index (κ1) is 14.9. The standard InChI is InChI=1S/C12H14FN3O2S2/c1-8-4-10(13)12(5-11(8)14)20(17,18)16-3-2-9-6-19-7-15-9/h4-7,16H,2-3,14H2,1H3. The monoisotopic (exact) mass is 315 g/mol. The van der Waals surface area contributed by atoms with E-state index in [1.807, 2.05) is 5.38 Å². The summed E-state index contributed by atoms with van der Waals surface area (Å²) < 4.78 is 40.1. The summed E-state index contributed by atoms with van der Waals surface area (Å²) in [6.45, 7) is 1.77. The van der Waals surface area contributed by atoms with Crippen LogP contribution < -0.4 is 10.5 Å². The maximum Gasteiger partial charge on any atom is 0.243 e. The molecule has 0 fully saturated rings. The molecule has 0 aliphatic rings. The number of aromatic nitrogens is 1. The van der Waals surface area contributed by atoms with Crippen LogP contribution >= 0.6 is 11.3 Å². The summed E-state index contributed by atoms with van der Waals surface area (Å²) in [5, 5.41) is 1.83. The molecule has 5 nitrogen and oxygen atoms in total. The van der Waals surface area contributed by atoms with Crippen molar-refractivity contribution in [3.8, 4) is 0 Å². The third-order valence-corrected chi connectivity index (χ3v) is 4.88. The van der Waals surface area contributed by atoms with Crippen molar-refractivity contribution in [2.45, 2.75) is 18.2 Å². The molecule has 0 unspecified atom stereocenters. The molecule has 3 N–H and O–H groups in total. The number of aryl methyl sites for hydroxylation is 1. The van der Waals surface area contributed by atoms with E-state index in [0.717, 1.165) is 17.8 Å². The highest BCUT2D eigenvalue weighted by atomic mass is 32.2. The van der Waals surface area contributed by atoms with Crippen LogP contribution in [0.15, 0.2) is 27.9 Å². The van der Waals surface area contributed by atoms with Crippen LogP contribution in [0.1, 0.15) is 11.3 Å². The summed E-state index contributed by atoms with van der Waals surface area (Å²) in [4.78, 5) is 3.61. The first-order valence-corrected chi connectivity index (χ1v) is 8.25. The molecule has 8 heteroatoms. The van der Waals surface area contributed by atoms with Gasteiger partial charge in [-0.2, -0.15) is 0 Å². The summed E-state index contributed by atoms with van der Waals surface area (Å²) in [7, 11) is -3.91. The van der Waals surface area contributed by atoms with Gasteiger partial charge in [-0.25, -0.2) is 22.5 Å². The van der Waals surface area contributed by atoms with Crippen molar-refractivity contribution in [1.82, 2.24) is 9.71 Å². The van der Waals surface area contributed by atoms with Crippen molar-refractivity contribution in [2.24, 2.45) is 0 Å². The van der Waals surface area contributed by atoms with Gasteiger partial charge in [-0.3, -0.25) is 0 Å². The van der Waals surface area contributed by atoms with Crippen molar-refractivity contribution in [3.05, 3.63) is 40.1 Å². The van der Waals surface area contributed by atoms with Gasteiger partial charge in [-0.05, 0) is 24.6 Å². The third kappa shape index (κ3) is 3.33. The maximum atomic E-state index is 13.7. The molecule has 0 bridgehead atoms. The molecule has 1 aromatic heterocycles. The fourth-order valence-corrected chi connectivity index (χ4v) is 3.34. The molecule has 2 rings (SSSR count). The number of nitrogens with one attached hydrogen (secondary N) is 1. The lowest BCUT2D eigenvalue weighted by molar-refractivity contribution is 0.556. The van der Waals surface area contributed by atoms with Gasteiger partial charge in [0, 0.05) is 24.0 Å². The lowest BCUT2D eigenvalue weighted by atomic mass is 10.2. The molecule has 0 aliphatic heterocycles. The molecule has 0 amide bonds. The topological polar surface area (TPSA) is 85.1 Å². The minimum atomic E-state index is -3.91. The fraction of sp³-hybridized carbons (Fsp3) is 0.250. The number of nitrogen functional groups attached to an aromatic ring is 1. The molecule has 0 aliphatic carbocycles. The lowest BCUT2D eigenvalue weighted by Gasteiger charge is -2.09. The van der Waals surface area contributed by atoms with E-state index in [0.29, 0.717) is 12.0 Å². The number of hydrogen-bond acceptors (Lipinski definition) is 5. The average molecular weight is 315 g/mol.